The number of rotatable bonds is 2. The Morgan fingerprint density at radius 2 is 2.00 bits per heavy atom. The number of anilines is 2. The van der Waals surface area contributed by atoms with E-state index in [1.54, 1.807) is 24.3 Å². The van der Waals surface area contributed by atoms with Gasteiger partial charge in [-0.05, 0) is 58.7 Å². The average Bonchev–Trinajstić information content (AvgIpc) is 2.36. The Kier molecular flexibility index (Phi) is 3.85. The third-order valence-corrected chi connectivity index (χ3v) is 3.33. The molecule has 0 fully saturated rings. The summed E-state index contributed by atoms with van der Waals surface area (Å²) in [5.41, 5.74) is 7.85. The molecule has 0 unspecified atom stereocenters. The number of carbonyl (C=O) groups excluding carboxylic acids is 1. The molecule has 0 aliphatic carbocycles. The van der Waals surface area contributed by atoms with Crippen LogP contribution >= 0.6 is 15.9 Å². The van der Waals surface area contributed by atoms with E-state index in [-0.39, 0.29) is 5.91 Å². The highest BCUT2D eigenvalue weighted by Gasteiger charge is 2.10. The molecule has 0 heterocycles. The summed E-state index contributed by atoms with van der Waals surface area (Å²) in [7, 11) is 0. The number of nitrogen functional groups attached to an aromatic ring is 1. The fourth-order valence-corrected chi connectivity index (χ4v) is 1.90. The van der Waals surface area contributed by atoms with Gasteiger partial charge in [0.2, 0.25) is 0 Å². The van der Waals surface area contributed by atoms with Gasteiger partial charge in [0.25, 0.3) is 5.91 Å². The maximum absolute atomic E-state index is 13.4. The summed E-state index contributed by atoms with van der Waals surface area (Å²) in [4.78, 5) is 12.1. The molecule has 2 aromatic carbocycles. The van der Waals surface area contributed by atoms with Crippen LogP contribution in [0.2, 0.25) is 0 Å². The molecular formula is C14H12BrFN2O. The normalized spacial score (nSPS) is 10.3. The summed E-state index contributed by atoms with van der Waals surface area (Å²) in [6.45, 7) is 1.82. The van der Waals surface area contributed by atoms with Crippen LogP contribution in [0.15, 0.2) is 40.9 Å². The second-order valence-electron chi connectivity index (χ2n) is 4.16. The number of halogens is 2. The quantitative estimate of drug-likeness (QED) is 0.828. The van der Waals surface area contributed by atoms with Gasteiger partial charge >= 0.3 is 0 Å². The third-order valence-electron chi connectivity index (χ3n) is 2.68. The molecule has 98 valence electrons. The maximum Gasteiger partial charge on any atom is 0.256 e. The molecule has 0 bridgehead atoms. The smallest absolute Gasteiger partial charge is 0.256 e. The SMILES string of the molecule is Cc1ccc(N)cc1C(=O)Nc1ccc(Br)c(F)c1. The van der Waals surface area contributed by atoms with Crippen molar-refractivity contribution in [2.45, 2.75) is 6.92 Å². The lowest BCUT2D eigenvalue weighted by Crippen LogP contribution is -2.13. The van der Waals surface area contributed by atoms with Gasteiger partial charge in [-0.3, -0.25) is 4.79 Å². The number of hydrogen-bond donors (Lipinski definition) is 2. The van der Waals surface area contributed by atoms with E-state index in [1.165, 1.54) is 12.1 Å². The highest BCUT2D eigenvalue weighted by Crippen LogP contribution is 2.20. The highest BCUT2D eigenvalue weighted by molar-refractivity contribution is 9.10. The Balaban J connectivity index is 2.25. The Morgan fingerprint density at radius 1 is 1.26 bits per heavy atom. The molecule has 2 aromatic rings. The lowest BCUT2D eigenvalue weighted by molar-refractivity contribution is 0.102. The monoisotopic (exact) mass is 322 g/mol. The summed E-state index contributed by atoms with van der Waals surface area (Å²) in [6.07, 6.45) is 0. The second kappa shape index (κ2) is 5.40. The summed E-state index contributed by atoms with van der Waals surface area (Å²) in [6, 6.07) is 9.51. The van der Waals surface area contributed by atoms with Gasteiger partial charge in [-0.25, -0.2) is 4.39 Å². The number of amides is 1. The van der Waals surface area contributed by atoms with E-state index in [1.807, 2.05) is 6.92 Å². The van der Waals surface area contributed by atoms with Crippen LogP contribution in [0, 0.1) is 12.7 Å². The molecular weight excluding hydrogens is 311 g/mol. The van der Waals surface area contributed by atoms with Crippen LogP contribution in [0.25, 0.3) is 0 Å². The summed E-state index contributed by atoms with van der Waals surface area (Å²) >= 11 is 3.06. The molecule has 0 saturated carbocycles. The molecule has 0 spiro atoms. The van der Waals surface area contributed by atoms with Crippen molar-refractivity contribution in [1.29, 1.82) is 0 Å². The van der Waals surface area contributed by atoms with Crippen LogP contribution in [0.1, 0.15) is 15.9 Å². The Bertz CT molecular complexity index is 643. The summed E-state index contributed by atoms with van der Waals surface area (Å²) in [5, 5.41) is 2.64. The molecule has 3 N–H and O–H groups in total. The summed E-state index contributed by atoms with van der Waals surface area (Å²) < 4.78 is 13.7. The predicted octanol–water partition coefficient (Wildman–Crippen LogP) is 3.73. The molecule has 0 aliphatic heterocycles. The first-order valence-corrected chi connectivity index (χ1v) is 6.39. The van der Waals surface area contributed by atoms with E-state index in [0.717, 1.165) is 5.56 Å². The number of aryl methyl sites for hydroxylation is 1. The molecule has 0 aliphatic rings. The number of benzene rings is 2. The highest BCUT2D eigenvalue weighted by atomic mass is 79.9. The molecule has 1 amide bonds. The lowest BCUT2D eigenvalue weighted by Gasteiger charge is -2.09. The van der Waals surface area contributed by atoms with E-state index in [4.69, 9.17) is 5.73 Å². The van der Waals surface area contributed by atoms with Crippen molar-refractivity contribution in [1.82, 2.24) is 0 Å². The number of carbonyl (C=O) groups is 1. The van der Waals surface area contributed by atoms with Gasteiger partial charge < -0.3 is 11.1 Å². The van der Waals surface area contributed by atoms with E-state index < -0.39 is 5.82 Å². The third kappa shape index (κ3) is 3.12. The minimum absolute atomic E-state index is 0.313. The van der Waals surface area contributed by atoms with Crippen LogP contribution in [0.4, 0.5) is 15.8 Å². The van der Waals surface area contributed by atoms with Crippen molar-refractivity contribution in [3.63, 3.8) is 0 Å². The van der Waals surface area contributed by atoms with Crippen molar-refractivity contribution in [3.8, 4) is 0 Å². The molecule has 19 heavy (non-hydrogen) atoms. The van der Waals surface area contributed by atoms with Gasteiger partial charge in [0.1, 0.15) is 5.82 Å². The Hall–Kier alpha value is -1.88. The van der Waals surface area contributed by atoms with Crippen molar-refractivity contribution in [2.24, 2.45) is 0 Å². The number of nitrogens with one attached hydrogen (secondary N) is 1. The maximum atomic E-state index is 13.4. The van der Waals surface area contributed by atoms with E-state index >= 15 is 0 Å². The molecule has 2 rings (SSSR count). The zero-order valence-electron chi connectivity index (χ0n) is 10.2. The standard InChI is InChI=1S/C14H12BrFN2O/c1-8-2-3-9(17)6-11(8)14(19)18-10-4-5-12(15)13(16)7-10/h2-7H,17H2,1H3,(H,18,19). The van der Waals surface area contributed by atoms with Crippen LogP contribution in [-0.2, 0) is 0 Å². The van der Waals surface area contributed by atoms with Crippen LogP contribution in [0.5, 0.6) is 0 Å². The summed E-state index contributed by atoms with van der Waals surface area (Å²) in [5.74, 6) is -0.742. The molecule has 3 nitrogen and oxygen atoms in total. The zero-order chi connectivity index (χ0) is 14.0. The van der Waals surface area contributed by atoms with E-state index in [9.17, 15) is 9.18 Å². The van der Waals surface area contributed by atoms with Gasteiger partial charge in [0, 0.05) is 16.9 Å². The van der Waals surface area contributed by atoms with Gasteiger partial charge in [0.05, 0.1) is 4.47 Å². The average molecular weight is 323 g/mol. The van der Waals surface area contributed by atoms with Gasteiger partial charge in [-0.2, -0.15) is 0 Å². The Morgan fingerprint density at radius 3 is 2.68 bits per heavy atom. The molecule has 0 aromatic heterocycles. The molecule has 0 saturated heterocycles. The van der Waals surface area contributed by atoms with Crippen molar-refractivity contribution >= 4 is 33.2 Å². The van der Waals surface area contributed by atoms with Crippen LogP contribution in [-0.4, -0.2) is 5.91 Å². The number of nitrogens with two attached hydrogens (primary N) is 1. The fourth-order valence-electron chi connectivity index (χ4n) is 1.66. The predicted molar refractivity (Wildman–Crippen MR) is 77.6 cm³/mol. The van der Waals surface area contributed by atoms with E-state index in [0.29, 0.717) is 21.4 Å². The largest absolute Gasteiger partial charge is 0.399 e. The number of hydrogen-bond acceptors (Lipinski definition) is 2. The van der Waals surface area contributed by atoms with Gasteiger partial charge in [-0.15, -0.1) is 0 Å². The molecule has 0 atom stereocenters. The second-order valence-corrected chi connectivity index (χ2v) is 5.01. The van der Waals surface area contributed by atoms with Crippen molar-refractivity contribution < 1.29 is 9.18 Å². The van der Waals surface area contributed by atoms with Crippen LogP contribution < -0.4 is 11.1 Å². The van der Waals surface area contributed by atoms with Crippen molar-refractivity contribution in [3.05, 3.63) is 57.8 Å². The topological polar surface area (TPSA) is 55.1 Å². The first-order valence-electron chi connectivity index (χ1n) is 5.60. The first kappa shape index (κ1) is 13.5. The molecule has 0 radical (unpaired) electrons. The molecule has 5 heteroatoms. The van der Waals surface area contributed by atoms with Crippen LogP contribution in [0.3, 0.4) is 0 Å². The van der Waals surface area contributed by atoms with Crippen molar-refractivity contribution in [2.75, 3.05) is 11.1 Å². The Labute approximate surface area is 118 Å². The minimum Gasteiger partial charge on any atom is -0.399 e. The first-order chi connectivity index (χ1) is 8.97. The minimum atomic E-state index is -0.429. The zero-order valence-corrected chi connectivity index (χ0v) is 11.8. The fraction of sp³-hybridized carbons (Fsp3) is 0.0714. The lowest BCUT2D eigenvalue weighted by atomic mass is 10.1. The van der Waals surface area contributed by atoms with Gasteiger partial charge in [-0.1, -0.05) is 6.07 Å². The van der Waals surface area contributed by atoms with E-state index in [2.05, 4.69) is 21.2 Å². The van der Waals surface area contributed by atoms with Gasteiger partial charge in [0.15, 0.2) is 0 Å².